The first-order chi connectivity index (χ1) is 11.7. The summed E-state index contributed by atoms with van der Waals surface area (Å²) in [5.74, 6) is 0.695. The molecule has 1 aliphatic heterocycles. The van der Waals surface area contributed by atoms with E-state index in [9.17, 15) is 9.90 Å². The molecule has 4 heteroatoms. The van der Waals surface area contributed by atoms with Crippen LogP contribution >= 0.6 is 0 Å². The van der Waals surface area contributed by atoms with Gasteiger partial charge in [-0.1, -0.05) is 36.4 Å². The third kappa shape index (κ3) is 3.84. The number of phenolic OH excluding ortho intramolecular Hbond substituents is 1. The molecular formula is C20H21NO3. The highest BCUT2D eigenvalue weighted by molar-refractivity contribution is 6.00. The van der Waals surface area contributed by atoms with Crippen LogP contribution in [0.15, 0.2) is 54.1 Å². The van der Waals surface area contributed by atoms with Crippen molar-refractivity contribution in [1.82, 2.24) is 4.90 Å². The molecule has 0 amide bonds. The van der Waals surface area contributed by atoms with Gasteiger partial charge in [0.05, 0.1) is 7.11 Å². The van der Waals surface area contributed by atoms with Gasteiger partial charge in [0.2, 0.25) is 0 Å². The molecule has 1 aliphatic rings. The summed E-state index contributed by atoms with van der Waals surface area (Å²) in [5, 5.41) is 9.68. The topological polar surface area (TPSA) is 49.8 Å². The van der Waals surface area contributed by atoms with E-state index < -0.39 is 0 Å². The van der Waals surface area contributed by atoms with Crippen molar-refractivity contribution in [1.29, 1.82) is 0 Å². The number of phenols is 1. The normalized spacial score (nSPS) is 17.2. The van der Waals surface area contributed by atoms with E-state index in [0.717, 1.165) is 24.2 Å². The molecule has 3 rings (SSSR count). The third-order valence-corrected chi connectivity index (χ3v) is 4.20. The Hall–Kier alpha value is -2.59. The summed E-state index contributed by atoms with van der Waals surface area (Å²) in [6.45, 7) is 2.26. The fraction of sp³-hybridized carbons (Fsp3) is 0.250. The molecule has 124 valence electrons. The highest BCUT2D eigenvalue weighted by Crippen LogP contribution is 2.28. The molecule has 0 bridgehead atoms. The molecule has 1 N–H and O–H groups in total. The van der Waals surface area contributed by atoms with Gasteiger partial charge in [-0.05, 0) is 29.3 Å². The Morgan fingerprint density at radius 1 is 1.21 bits per heavy atom. The van der Waals surface area contributed by atoms with Crippen LogP contribution in [0.25, 0.3) is 6.08 Å². The second-order valence-corrected chi connectivity index (χ2v) is 5.97. The molecule has 1 heterocycles. The number of rotatable bonds is 4. The van der Waals surface area contributed by atoms with Crippen molar-refractivity contribution >= 4 is 11.9 Å². The van der Waals surface area contributed by atoms with Crippen LogP contribution in [0.3, 0.4) is 0 Å². The van der Waals surface area contributed by atoms with E-state index in [2.05, 4.69) is 17.0 Å². The van der Waals surface area contributed by atoms with Gasteiger partial charge in [-0.15, -0.1) is 0 Å². The minimum Gasteiger partial charge on any atom is -0.504 e. The summed E-state index contributed by atoms with van der Waals surface area (Å²) < 4.78 is 5.13. The van der Waals surface area contributed by atoms with Crippen molar-refractivity contribution in [2.75, 3.05) is 20.2 Å². The predicted molar refractivity (Wildman–Crippen MR) is 94.0 cm³/mol. The lowest BCUT2D eigenvalue weighted by atomic mass is 9.99. The second kappa shape index (κ2) is 7.32. The summed E-state index contributed by atoms with van der Waals surface area (Å²) in [7, 11) is 1.51. The minimum absolute atomic E-state index is 0.0975. The van der Waals surface area contributed by atoms with Gasteiger partial charge in [0.15, 0.2) is 17.3 Å². The number of ketones is 1. The Morgan fingerprint density at radius 3 is 2.75 bits per heavy atom. The Morgan fingerprint density at radius 2 is 2.00 bits per heavy atom. The first kappa shape index (κ1) is 16.3. The molecule has 0 unspecified atom stereocenters. The van der Waals surface area contributed by atoms with Crippen LogP contribution in [0.1, 0.15) is 17.5 Å². The van der Waals surface area contributed by atoms with Gasteiger partial charge in [0.1, 0.15) is 0 Å². The predicted octanol–water partition coefficient (Wildman–Crippen LogP) is 3.26. The van der Waals surface area contributed by atoms with Crippen molar-refractivity contribution < 1.29 is 14.6 Å². The zero-order chi connectivity index (χ0) is 16.9. The van der Waals surface area contributed by atoms with Gasteiger partial charge < -0.3 is 9.84 Å². The average Bonchev–Trinajstić information content (AvgIpc) is 2.60. The third-order valence-electron chi connectivity index (χ3n) is 4.20. The molecule has 24 heavy (non-hydrogen) atoms. The second-order valence-electron chi connectivity index (χ2n) is 5.97. The molecule has 1 fully saturated rings. The van der Waals surface area contributed by atoms with Crippen molar-refractivity contribution in [3.8, 4) is 11.5 Å². The number of likely N-dealkylation sites (tertiary alicyclic amines) is 1. The molecule has 2 aromatic rings. The Bertz CT molecular complexity index is 753. The number of methoxy groups -OCH3 is 1. The lowest BCUT2D eigenvalue weighted by molar-refractivity contribution is -0.117. The summed E-state index contributed by atoms with van der Waals surface area (Å²) in [6.07, 6.45) is 2.43. The summed E-state index contributed by atoms with van der Waals surface area (Å²) in [4.78, 5) is 14.5. The first-order valence-corrected chi connectivity index (χ1v) is 8.03. The number of Topliss-reactive ketones (excluding diaryl/α,β-unsaturated/α-hetero) is 1. The smallest absolute Gasteiger partial charge is 0.161 e. The number of nitrogens with zero attached hydrogens (tertiary/aromatic N) is 1. The maximum Gasteiger partial charge on any atom is 0.161 e. The lowest BCUT2D eigenvalue weighted by Crippen LogP contribution is -2.35. The number of hydrogen-bond acceptors (Lipinski definition) is 4. The highest BCUT2D eigenvalue weighted by Gasteiger charge is 2.21. The van der Waals surface area contributed by atoms with Crippen molar-refractivity contribution in [2.24, 2.45) is 0 Å². The monoisotopic (exact) mass is 323 g/mol. The van der Waals surface area contributed by atoms with Crippen LogP contribution < -0.4 is 4.74 Å². The number of carbonyl (C=O) groups is 1. The molecule has 2 aromatic carbocycles. The molecule has 1 saturated heterocycles. The van der Waals surface area contributed by atoms with Crippen LogP contribution in [-0.4, -0.2) is 36.0 Å². The molecule has 0 aromatic heterocycles. The molecule has 4 nitrogen and oxygen atoms in total. The number of aromatic hydroxyl groups is 1. The Kier molecular flexibility index (Phi) is 4.96. The van der Waals surface area contributed by atoms with Gasteiger partial charge in [0.25, 0.3) is 0 Å². The standard InChI is InChI=1S/C20H21NO3/c1-24-20-12-16(7-8-19(20)23)11-17-14-21(10-9-18(17)22)13-15-5-3-2-4-6-15/h2-8,11-12,23H,9-10,13-14H2,1H3/b17-11+. The van der Waals surface area contributed by atoms with E-state index in [0.29, 0.717) is 18.7 Å². The van der Waals surface area contributed by atoms with Crippen LogP contribution in [0.4, 0.5) is 0 Å². The quantitative estimate of drug-likeness (QED) is 0.878. The van der Waals surface area contributed by atoms with Gasteiger partial charge >= 0.3 is 0 Å². The van der Waals surface area contributed by atoms with Gasteiger partial charge in [-0.3, -0.25) is 9.69 Å². The zero-order valence-corrected chi connectivity index (χ0v) is 13.7. The summed E-state index contributed by atoms with van der Waals surface area (Å²) in [5.41, 5.74) is 2.90. The summed E-state index contributed by atoms with van der Waals surface area (Å²) >= 11 is 0. The van der Waals surface area contributed by atoms with Gasteiger partial charge in [-0.25, -0.2) is 0 Å². The van der Waals surface area contributed by atoms with Crippen LogP contribution in [0.2, 0.25) is 0 Å². The van der Waals surface area contributed by atoms with Gasteiger partial charge in [0, 0.05) is 31.6 Å². The highest BCUT2D eigenvalue weighted by atomic mass is 16.5. The lowest BCUT2D eigenvalue weighted by Gasteiger charge is -2.27. The number of carbonyl (C=O) groups excluding carboxylic acids is 1. The van der Waals surface area contributed by atoms with Gasteiger partial charge in [-0.2, -0.15) is 0 Å². The zero-order valence-electron chi connectivity index (χ0n) is 13.7. The van der Waals surface area contributed by atoms with Crippen LogP contribution in [0, 0.1) is 0 Å². The molecule has 0 atom stereocenters. The number of ether oxygens (including phenoxy) is 1. The number of piperidine rings is 1. The molecule has 0 spiro atoms. The van der Waals surface area contributed by atoms with E-state index in [1.54, 1.807) is 18.2 Å². The fourth-order valence-corrected chi connectivity index (χ4v) is 2.92. The number of hydrogen-bond donors (Lipinski definition) is 1. The maximum absolute atomic E-state index is 12.2. The van der Waals surface area contributed by atoms with Crippen molar-refractivity contribution in [3.63, 3.8) is 0 Å². The maximum atomic E-state index is 12.2. The van der Waals surface area contributed by atoms with E-state index in [1.165, 1.54) is 12.7 Å². The Labute approximate surface area is 142 Å². The largest absolute Gasteiger partial charge is 0.504 e. The first-order valence-electron chi connectivity index (χ1n) is 8.03. The van der Waals surface area contributed by atoms with Crippen LogP contribution in [-0.2, 0) is 11.3 Å². The average molecular weight is 323 g/mol. The van der Waals surface area contributed by atoms with E-state index in [1.807, 2.05) is 24.3 Å². The molecule has 0 aliphatic carbocycles. The van der Waals surface area contributed by atoms with Crippen molar-refractivity contribution in [2.45, 2.75) is 13.0 Å². The molecule has 0 saturated carbocycles. The fourth-order valence-electron chi connectivity index (χ4n) is 2.92. The Balaban J connectivity index is 1.77. The van der Waals surface area contributed by atoms with E-state index in [4.69, 9.17) is 4.74 Å². The minimum atomic E-state index is 0.0975. The molecule has 0 radical (unpaired) electrons. The van der Waals surface area contributed by atoms with E-state index in [-0.39, 0.29) is 11.5 Å². The SMILES string of the molecule is COc1cc(/C=C2\CN(Cc3ccccc3)CCC2=O)ccc1O. The van der Waals surface area contributed by atoms with Crippen molar-refractivity contribution in [3.05, 3.63) is 65.2 Å². The number of benzene rings is 2. The summed E-state index contributed by atoms with van der Waals surface area (Å²) in [6, 6.07) is 15.4. The van der Waals surface area contributed by atoms with E-state index >= 15 is 0 Å². The molecular weight excluding hydrogens is 302 g/mol. The van der Waals surface area contributed by atoms with Crippen LogP contribution in [0.5, 0.6) is 11.5 Å².